The molecular formula is C21H21FN4O2. The van der Waals surface area contributed by atoms with Crippen molar-refractivity contribution in [3.05, 3.63) is 58.5 Å². The van der Waals surface area contributed by atoms with Gasteiger partial charge >= 0.3 is 0 Å². The Labute approximate surface area is 162 Å². The van der Waals surface area contributed by atoms with Crippen LogP contribution in [0.2, 0.25) is 0 Å². The molecule has 0 saturated carbocycles. The molecule has 2 aliphatic heterocycles. The van der Waals surface area contributed by atoms with Crippen LogP contribution in [0.25, 0.3) is 11.3 Å². The first-order chi connectivity index (χ1) is 13.6. The van der Waals surface area contributed by atoms with Crippen molar-refractivity contribution in [2.45, 2.75) is 39.3 Å². The summed E-state index contributed by atoms with van der Waals surface area (Å²) in [6.07, 6.45) is 1.67. The van der Waals surface area contributed by atoms with E-state index >= 15 is 0 Å². The van der Waals surface area contributed by atoms with Crippen molar-refractivity contribution in [1.82, 2.24) is 20.0 Å². The fourth-order valence-electron chi connectivity index (χ4n) is 4.14. The normalized spacial score (nSPS) is 18.6. The highest BCUT2D eigenvalue weighted by Gasteiger charge is 2.31. The molecular weight excluding hydrogens is 359 g/mol. The van der Waals surface area contributed by atoms with Gasteiger partial charge in [0.05, 0.1) is 0 Å². The van der Waals surface area contributed by atoms with Crippen molar-refractivity contribution in [1.29, 1.82) is 0 Å². The zero-order chi connectivity index (χ0) is 19.3. The van der Waals surface area contributed by atoms with Crippen molar-refractivity contribution in [2.24, 2.45) is 0 Å². The summed E-state index contributed by atoms with van der Waals surface area (Å²) in [6, 6.07) is 6.49. The minimum Gasteiger partial charge on any atom is -0.472 e. The molecule has 1 aromatic carbocycles. The van der Waals surface area contributed by atoms with E-state index in [-0.39, 0.29) is 11.9 Å². The monoisotopic (exact) mass is 380 g/mol. The van der Waals surface area contributed by atoms with Crippen LogP contribution in [0.15, 0.2) is 28.8 Å². The number of aromatic nitrogens is 3. The predicted molar refractivity (Wildman–Crippen MR) is 101 cm³/mol. The Morgan fingerprint density at radius 1 is 1.21 bits per heavy atom. The summed E-state index contributed by atoms with van der Waals surface area (Å²) in [6.45, 7) is 6.28. The summed E-state index contributed by atoms with van der Waals surface area (Å²) >= 11 is 0. The van der Waals surface area contributed by atoms with E-state index in [1.807, 2.05) is 19.9 Å². The Balaban J connectivity index is 1.33. The molecule has 4 heterocycles. The number of hydrogen-bond donors (Lipinski definition) is 0. The average molecular weight is 380 g/mol. The summed E-state index contributed by atoms with van der Waals surface area (Å²) in [4.78, 5) is 11.2. The Morgan fingerprint density at radius 2 is 2.11 bits per heavy atom. The minimum atomic E-state index is -0.272. The second-order valence-electron chi connectivity index (χ2n) is 7.51. The smallest absolute Gasteiger partial charge is 0.220 e. The van der Waals surface area contributed by atoms with Crippen LogP contribution in [0.3, 0.4) is 0 Å². The first-order valence-electron chi connectivity index (χ1n) is 9.53. The second kappa shape index (κ2) is 6.67. The summed E-state index contributed by atoms with van der Waals surface area (Å²) in [5, 5.41) is 4.21. The second-order valence-corrected chi connectivity index (χ2v) is 7.51. The van der Waals surface area contributed by atoms with E-state index in [0.717, 1.165) is 71.5 Å². The van der Waals surface area contributed by atoms with Crippen LogP contribution in [-0.2, 0) is 19.4 Å². The van der Waals surface area contributed by atoms with Gasteiger partial charge in [-0.1, -0.05) is 17.3 Å². The molecule has 3 aromatic rings. The Hall–Kier alpha value is -2.80. The molecule has 0 N–H and O–H groups in total. The van der Waals surface area contributed by atoms with Gasteiger partial charge in [0.15, 0.2) is 0 Å². The van der Waals surface area contributed by atoms with Gasteiger partial charge in [-0.05, 0) is 26.0 Å². The maximum atomic E-state index is 13.6. The molecule has 7 heteroatoms. The molecule has 6 nitrogen and oxygen atoms in total. The van der Waals surface area contributed by atoms with Gasteiger partial charge in [0.25, 0.3) is 0 Å². The highest BCUT2D eigenvalue weighted by atomic mass is 19.1. The van der Waals surface area contributed by atoms with Gasteiger partial charge in [0.1, 0.15) is 29.2 Å². The van der Waals surface area contributed by atoms with Gasteiger partial charge in [-0.3, -0.25) is 4.90 Å². The van der Waals surface area contributed by atoms with Gasteiger partial charge in [-0.2, -0.15) is 4.98 Å². The molecule has 2 aromatic heterocycles. The molecule has 0 aliphatic carbocycles. The number of aryl methyl sites for hydroxylation is 2. The Morgan fingerprint density at radius 3 is 2.96 bits per heavy atom. The largest absolute Gasteiger partial charge is 0.472 e. The molecule has 0 saturated heterocycles. The van der Waals surface area contributed by atoms with Gasteiger partial charge in [-0.15, -0.1) is 0 Å². The van der Waals surface area contributed by atoms with Crippen molar-refractivity contribution >= 4 is 0 Å². The number of hydrogen-bond acceptors (Lipinski definition) is 6. The fourth-order valence-corrected chi connectivity index (χ4v) is 4.14. The van der Waals surface area contributed by atoms with Crippen LogP contribution in [-0.4, -0.2) is 39.2 Å². The average Bonchev–Trinajstić information content (AvgIpc) is 3.25. The molecule has 0 spiro atoms. The summed E-state index contributed by atoms with van der Waals surface area (Å²) < 4.78 is 25.3. The number of benzene rings is 1. The van der Waals surface area contributed by atoms with Crippen molar-refractivity contribution in [3.8, 4) is 17.1 Å². The maximum absolute atomic E-state index is 13.6. The van der Waals surface area contributed by atoms with E-state index in [1.54, 1.807) is 6.07 Å². The van der Waals surface area contributed by atoms with Gasteiger partial charge in [0, 0.05) is 54.9 Å². The number of halogens is 1. The van der Waals surface area contributed by atoms with E-state index in [1.165, 1.54) is 12.1 Å². The molecule has 0 fully saturated rings. The number of rotatable bonds is 3. The molecule has 0 amide bonds. The highest BCUT2D eigenvalue weighted by molar-refractivity contribution is 5.63. The summed E-state index contributed by atoms with van der Waals surface area (Å²) in [7, 11) is 0. The summed E-state index contributed by atoms with van der Waals surface area (Å²) in [5.41, 5.74) is 4.63. The predicted octanol–water partition coefficient (Wildman–Crippen LogP) is 3.25. The molecule has 0 bridgehead atoms. The lowest BCUT2D eigenvalue weighted by Crippen LogP contribution is -2.38. The molecule has 0 radical (unpaired) electrons. The fraction of sp³-hybridized carbons (Fsp3) is 0.381. The molecule has 1 atom stereocenters. The van der Waals surface area contributed by atoms with Crippen LogP contribution >= 0.6 is 0 Å². The van der Waals surface area contributed by atoms with E-state index < -0.39 is 0 Å². The topological polar surface area (TPSA) is 64.3 Å². The van der Waals surface area contributed by atoms with E-state index in [9.17, 15) is 4.39 Å². The van der Waals surface area contributed by atoms with Gasteiger partial charge < -0.3 is 9.26 Å². The lowest BCUT2D eigenvalue weighted by molar-refractivity contribution is 0.134. The van der Waals surface area contributed by atoms with E-state index in [2.05, 4.69) is 20.0 Å². The SMILES string of the molecule is Cc1nc(C)c2c(n1)O[C@@H](CN1CCc3onc(-c4cccc(F)c4)c3C1)C2. The van der Waals surface area contributed by atoms with Crippen LogP contribution in [0.1, 0.15) is 28.4 Å². The lowest BCUT2D eigenvalue weighted by atomic mass is 10.0. The minimum absolute atomic E-state index is 0.0591. The zero-order valence-electron chi connectivity index (χ0n) is 15.9. The lowest BCUT2D eigenvalue weighted by Gasteiger charge is -2.28. The molecule has 5 rings (SSSR count). The standard InChI is InChI=1S/C21H21FN4O2/c1-12-17-9-16(27-21(17)24-13(2)23-12)10-26-7-6-19-18(11-26)20(25-28-19)14-4-3-5-15(22)8-14/h3-5,8,16H,6-7,9-11H2,1-2H3/t16-/m1/s1. The number of ether oxygens (including phenoxy) is 1. The van der Waals surface area contributed by atoms with Gasteiger partial charge in [-0.25, -0.2) is 9.37 Å². The zero-order valence-corrected chi connectivity index (χ0v) is 15.9. The van der Waals surface area contributed by atoms with E-state index in [0.29, 0.717) is 6.54 Å². The van der Waals surface area contributed by atoms with E-state index in [4.69, 9.17) is 9.26 Å². The van der Waals surface area contributed by atoms with Gasteiger partial charge in [0.2, 0.25) is 5.88 Å². The maximum Gasteiger partial charge on any atom is 0.220 e. The molecule has 2 aliphatic rings. The van der Waals surface area contributed by atoms with Crippen LogP contribution in [0.5, 0.6) is 5.88 Å². The molecule has 0 unspecified atom stereocenters. The number of nitrogens with zero attached hydrogens (tertiary/aromatic N) is 4. The van der Waals surface area contributed by atoms with Crippen LogP contribution in [0, 0.1) is 19.7 Å². The number of fused-ring (bicyclic) bond motifs is 2. The van der Waals surface area contributed by atoms with Crippen LogP contribution in [0.4, 0.5) is 4.39 Å². The summed E-state index contributed by atoms with van der Waals surface area (Å²) in [5.74, 6) is 2.08. The third-order valence-corrected chi connectivity index (χ3v) is 5.46. The third kappa shape index (κ3) is 3.05. The van der Waals surface area contributed by atoms with Crippen LogP contribution < -0.4 is 4.74 Å². The van der Waals surface area contributed by atoms with Crippen molar-refractivity contribution < 1.29 is 13.7 Å². The first kappa shape index (κ1) is 17.3. The first-order valence-corrected chi connectivity index (χ1v) is 9.53. The molecule has 28 heavy (non-hydrogen) atoms. The molecule has 144 valence electrons. The third-order valence-electron chi connectivity index (χ3n) is 5.46. The Kier molecular flexibility index (Phi) is 4.12. The van der Waals surface area contributed by atoms with Crippen molar-refractivity contribution in [3.63, 3.8) is 0 Å². The van der Waals surface area contributed by atoms with Crippen molar-refractivity contribution in [2.75, 3.05) is 13.1 Å². The highest BCUT2D eigenvalue weighted by Crippen LogP contribution is 2.32. The quantitative estimate of drug-likeness (QED) is 0.695. The Bertz CT molecular complexity index is 1050.